The molecule has 0 atom stereocenters. The van der Waals surface area contributed by atoms with Crippen LogP contribution in [0.15, 0.2) is 18.9 Å². The van der Waals surface area contributed by atoms with Gasteiger partial charge in [-0.1, -0.05) is 17.7 Å². The molecular weight excluding hydrogens is 220 g/mol. The van der Waals surface area contributed by atoms with Gasteiger partial charge in [-0.15, -0.1) is 17.9 Å². The van der Waals surface area contributed by atoms with E-state index in [4.69, 9.17) is 16.7 Å². The van der Waals surface area contributed by atoms with E-state index in [1.54, 1.807) is 6.20 Å². The first-order chi connectivity index (χ1) is 6.76. The first-order valence-electron chi connectivity index (χ1n) is 4.30. The third kappa shape index (κ3) is 3.75. The van der Waals surface area contributed by atoms with Gasteiger partial charge in [-0.2, -0.15) is 0 Å². The van der Waals surface area contributed by atoms with Crippen LogP contribution in [0.1, 0.15) is 4.88 Å². The van der Waals surface area contributed by atoms with Crippen LogP contribution in [0.5, 0.6) is 0 Å². The number of aliphatic hydroxyl groups excluding tert-OH is 1. The molecule has 78 valence electrons. The van der Waals surface area contributed by atoms with Crippen molar-refractivity contribution in [3.63, 3.8) is 0 Å². The summed E-state index contributed by atoms with van der Waals surface area (Å²) >= 11 is 7.18. The van der Waals surface area contributed by atoms with Gasteiger partial charge in [0.05, 0.1) is 6.61 Å². The van der Waals surface area contributed by atoms with Gasteiger partial charge in [0.2, 0.25) is 0 Å². The molecule has 14 heavy (non-hydrogen) atoms. The highest BCUT2D eigenvalue weighted by Gasteiger charge is 2.06. The van der Waals surface area contributed by atoms with Crippen molar-refractivity contribution in [3.8, 4) is 0 Å². The van der Waals surface area contributed by atoms with Crippen LogP contribution in [0.2, 0.25) is 4.47 Å². The first-order valence-corrected chi connectivity index (χ1v) is 5.50. The van der Waals surface area contributed by atoms with Gasteiger partial charge in [0.25, 0.3) is 0 Å². The summed E-state index contributed by atoms with van der Waals surface area (Å²) in [5.41, 5.74) is 0. The molecule has 1 rings (SSSR count). The molecule has 0 amide bonds. The molecule has 0 bridgehead atoms. The molecule has 0 aliphatic rings. The van der Waals surface area contributed by atoms with Gasteiger partial charge in [0.1, 0.15) is 0 Å². The van der Waals surface area contributed by atoms with Crippen molar-refractivity contribution < 1.29 is 5.11 Å². The average molecular weight is 233 g/mol. The van der Waals surface area contributed by atoms with Gasteiger partial charge in [0.15, 0.2) is 4.47 Å². The number of rotatable bonds is 6. The molecule has 0 saturated heterocycles. The molecule has 1 aromatic rings. The second-order valence-electron chi connectivity index (χ2n) is 2.83. The third-order valence-electron chi connectivity index (χ3n) is 1.71. The highest BCUT2D eigenvalue weighted by atomic mass is 35.5. The van der Waals surface area contributed by atoms with E-state index in [2.05, 4.69) is 16.5 Å². The SMILES string of the molecule is C=CCN(CCO)Cc1cnc(Cl)s1. The lowest BCUT2D eigenvalue weighted by molar-refractivity contribution is 0.204. The highest BCUT2D eigenvalue weighted by molar-refractivity contribution is 7.15. The Morgan fingerprint density at radius 3 is 3.00 bits per heavy atom. The Morgan fingerprint density at radius 1 is 1.71 bits per heavy atom. The van der Waals surface area contributed by atoms with E-state index in [1.165, 1.54) is 11.3 Å². The van der Waals surface area contributed by atoms with Crippen molar-refractivity contribution >= 4 is 22.9 Å². The van der Waals surface area contributed by atoms with Gasteiger partial charge in [0, 0.05) is 30.7 Å². The van der Waals surface area contributed by atoms with Gasteiger partial charge in [-0.3, -0.25) is 4.90 Å². The molecule has 0 spiro atoms. The third-order valence-corrected chi connectivity index (χ3v) is 2.81. The summed E-state index contributed by atoms with van der Waals surface area (Å²) < 4.78 is 0.558. The Balaban J connectivity index is 2.49. The average Bonchev–Trinajstić information content (AvgIpc) is 2.52. The van der Waals surface area contributed by atoms with Crippen molar-refractivity contribution in [2.24, 2.45) is 0 Å². The van der Waals surface area contributed by atoms with Crippen LogP contribution in [0.4, 0.5) is 0 Å². The molecule has 3 nitrogen and oxygen atoms in total. The Hall–Kier alpha value is -0.420. The molecule has 0 unspecified atom stereocenters. The van der Waals surface area contributed by atoms with Gasteiger partial charge in [-0.25, -0.2) is 4.98 Å². The van der Waals surface area contributed by atoms with E-state index in [-0.39, 0.29) is 6.61 Å². The van der Waals surface area contributed by atoms with Crippen molar-refractivity contribution in [2.75, 3.05) is 19.7 Å². The molecule has 1 aromatic heterocycles. The Kier molecular flexibility index (Phi) is 5.11. The number of nitrogens with zero attached hydrogens (tertiary/aromatic N) is 2. The maximum atomic E-state index is 8.83. The minimum absolute atomic E-state index is 0.153. The van der Waals surface area contributed by atoms with Crippen molar-refractivity contribution in [1.82, 2.24) is 9.88 Å². The Labute approximate surface area is 92.6 Å². The summed E-state index contributed by atoms with van der Waals surface area (Å²) in [7, 11) is 0. The fourth-order valence-corrected chi connectivity index (χ4v) is 2.16. The van der Waals surface area contributed by atoms with Crippen molar-refractivity contribution in [1.29, 1.82) is 0 Å². The van der Waals surface area contributed by atoms with E-state index in [0.29, 0.717) is 11.0 Å². The lowest BCUT2D eigenvalue weighted by atomic mass is 10.4. The Bertz CT molecular complexity index is 290. The molecule has 1 heterocycles. The fraction of sp³-hybridized carbons (Fsp3) is 0.444. The monoisotopic (exact) mass is 232 g/mol. The van der Waals surface area contributed by atoms with Crippen molar-refractivity contribution in [3.05, 3.63) is 28.2 Å². The molecule has 0 aliphatic heterocycles. The smallest absolute Gasteiger partial charge is 0.183 e. The number of hydrogen-bond donors (Lipinski definition) is 1. The van der Waals surface area contributed by atoms with Gasteiger partial charge in [-0.05, 0) is 0 Å². The van der Waals surface area contributed by atoms with Crippen molar-refractivity contribution in [2.45, 2.75) is 6.54 Å². The highest BCUT2D eigenvalue weighted by Crippen LogP contribution is 2.19. The normalized spacial score (nSPS) is 10.8. The predicted molar refractivity (Wildman–Crippen MR) is 59.7 cm³/mol. The standard InChI is InChI=1S/C9H13ClN2OS/c1-2-3-12(4-5-13)7-8-6-11-9(10)14-8/h2,6,13H,1,3-5,7H2. The summed E-state index contributed by atoms with van der Waals surface area (Å²) in [6, 6.07) is 0. The van der Waals surface area contributed by atoms with Crippen LogP contribution >= 0.6 is 22.9 Å². The fourth-order valence-electron chi connectivity index (χ4n) is 1.14. The van der Waals surface area contributed by atoms with Crippen LogP contribution in [-0.2, 0) is 6.54 Å². The van der Waals surface area contributed by atoms with E-state index in [1.807, 2.05) is 6.08 Å². The maximum Gasteiger partial charge on any atom is 0.183 e. The number of thiazole rings is 1. The molecular formula is C9H13ClN2OS. The Morgan fingerprint density at radius 2 is 2.50 bits per heavy atom. The zero-order valence-electron chi connectivity index (χ0n) is 7.82. The van der Waals surface area contributed by atoms with E-state index in [0.717, 1.165) is 18.0 Å². The van der Waals surface area contributed by atoms with E-state index in [9.17, 15) is 0 Å². The predicted octanol–water partition coefficient (Wildman–Crippen LogP) is 1.78. The molecule has 5 heteroatoms. The minimum atomic E-state index is 0.153. The maximum absolute atomic E-state index is 8.83. The first kappa shape index (κ1) is 11.7. The lowest BCUT2D eigenvalue weighted by Crippen LogP contribution is -2.26. The summed E-state index contributed by atoms with van der Waals surface area (Å²) in [5, 5.41) is 8.83. The van der Waals surface area contributed by atoms with E-state index < -0.39 is 0 Å². The molecule has 0 saturated carbocycles. The number of halogens is 1. The van der Waals surface area contributed by atoms with Crippen LogP contribution in [0.3, 0.4) is 0 Å². The van der Waals surface area contributed by atoms with Crippen LogP contribution < -0.4 is 0 Å². The zero-order valence-corrected chi connectivity index (χ0v) is 9.39. The van der Waals surface area contributed by atoms with Gasteiger partial charge >= 0.3 is 0 Å². The molecule has 1 N–H and O–H groups in total. The number of aromatic nitrogens is 1. The van der Waals surface area contributed by atoms with Crippen LogP contribution in [0, 0.1) is 0 Å². The second kappa shape index (κ2) is 6.14. The van der Waals surface area contributed by atoms with E-state index >= 15 is 0 Å². The lowest BCUT2D eigenvalue weighted by Gasteiger charge is -2.17. The molecule has 0 radical (unpaired) electrons. The zero-order chi connectivity index (χ0) is 10.4. The summed E-state index contributed by atoms with van der Waals surface area (Å²) in [6.07, 6.45) is 3.58. The van der Waals surface area contributed by atoms with Crippen LogP contribution in [-0.4, -0.2) is 34.7 Å². The second-order valence-corrected chi connectivity index (χ2v) is 4.52. The minimum Gasteiger partial charge on any atom is -0.395 e. The molecule has 0 aromatic carbocycles. The van der Waals surface area contributed by atoms with Gasteiger partial charge < -0.3 is 5.11 Å². The van der Waals surface area contributed by atoms with Crippen LogP contribution in [0.25, 0.3) is 0 Å². The number of hydrogen-bond acceptors (Lipinski definition) is 4. The largest absolute Gasteiger partial charge is 0.395 e. The summed E-state index contributed by atoms with van der Waals surface area (Å²) in [5.74, 6) is 0. The quantitative estimate of drug-likeness (QED) is 0.760. The molecule has 0 fully saturated rings. The molecule has 0 aliphatic carbocycles. The topological polar surface area (TPSA) is 36.4 Å². The number of aliphatic hydroxyl groups is 1. The summed E-state index contributed by atoms with van der Waals surface area (Å²) in [4.78, 5) is 7.14. The summed E-state index contributed by atoms with van der Waals surface area (Å²) in [6.45, 7) is 5.98.